The molecule has 0 aromatic carbocycles. The molecule has 0 radical (unpaired) electrons. The summed E-state index contributed by atoms with van der Waals surface area (Å²) in [6.45, 7) is 0. The van der Waals surface area contributed by atoms with Gasteiger partial charge in [0.05, 0.1) is 11.9 Å². The van der Waals surface area contributed by atoms with E-state index in [0.29, 0.717) is 6.08 Å². The van der Waals surface area contributed by atoms with E-state index in [-0.39, 0.29) is 38.8 Å². The van der Waals surface area contributed by atoms with Crippen LogP contribution in [0.1, 0.15) is 32.1 Å². The predicted octanol–water partition coefficient (Wildman–Crippen LogP) is -1.01. The molecule has 4 nitrogen and oxygen atoms in total. The van der Waals surface area contributed by atoms with Crippen LogP contribution >= 0.6 is 0 Å². The van der Waals surface area contributed by atoms with Crippen LogP contribution in [0.25, 0.3) is 0 Å². The molecule has 1 rings (SSSR count). The van der Waals surface area contributed by atoms with E-state index in [1.807, 2.05) is 0 Å². The maximum absolute atomic E-state index is 10.7. The largest absolute Gasteiger partial charge is 2.00 e. The molecule has 15 heavy (non-hydrogen) atoms. The van der Waals surface area contributed by atoms with E-state index < -0.39 is 11.9 Å². The van der Waals surface area contributed by atoms with Crippen LogP contribution in [0, 0.1) is 5.92 Å². The summed E-state index contributed by atoms with van der Waals surface area (Å²) in [5, 5.41) is 20.9. The summed E-state index contributed by atoms with van der Waals surface area (Å²) in [5.41, 5.74) is -0.121. The van der Waals surface area contributed by atoms with Crippen molar-refractivity contribution < 1.29 is 47.1 Å². The second-order valence-electron chi connectivity index (χ2n) is 3.54. The summed E-state index contributed by atoms with van der Waals surface area (Å²) in [7, 11) is 0. The van der Waals surface area contributed by atoms with Gasteiger partial charge in [-0.25, -0.2) is 0 Å². The van der Waals surface area contributed by atoms with Crippen LogP contribution < -0.4 is 10.2 Å². The van der Waals surface area contributed by atoms with Crippen molar-refractivity contribution in [2.24, 2.45) is 5.92 Å². The maximum atomic E-state index is 10.7. The van der Waals surface area contributed by atoms with E-state index in [1.54, 1.807) is 0 Å². The average molecular weight is 309 g/mol. The molecule has 1 aliphatic carbocycles. The van der Waals surface area contributed by atoms with Gasteiger partial charge >= 0.3 is 27.3 Å². The number of rotatable bonds is 3. The van der Waals surface area contributed by atoms with Crippen molar-refractivity contribution in [2.75, 3.05) is 0 Å². The second kappa shape index (κ2) is 6.97. The third-order valence-corrected chi connectivity index (χ3v) is 2.55. The molecule has 1 aliphatic rings. The van der Waals surface area contributed by atoms with E-state index in [4.69, 9.17) is 0 Å². The molecule has 0 aromatic heterocycles. The first-order valence-electron chi connectivity index (χ1n) is 4.75. The molecule has 0 heterocycles. The number of aliphatic carboxylic acids is 2. The molecular formula is C10H12CdO4. The van der Waals surface area contributed by atoms with Gasteiger partial charge in [0.2, 0.25) is 0 Å². The number of hydrogen-bond acceptors (Lipinski definition) is 4. The Balaban J connectivity index is 0.00000196. The zero-order valence-corrected chi connectivity index (χ0v) is 12.6. The molecular weight excluding hydrogens is 297 g/mol. The van der Waals surface area contributed by atoms with E-state index >= 15 is 0 Å². The first-order chi connectivity index (χ1) is 6.61. The van der Waals surface area contributed by atoms with Gasteiger partial charge in [-0.3, -0.25) is 0 Å². The van der Waals surface area contributed by atoms with E-state index in [2.05, 4.69) is 0 Å². The third-order valence-electron chi connectivity index (χ3n) is 2.55. The summed E-state index contributed by atoms with van der Waals surface area (Å²) in [5.74, 6) is -3.03. The molecule has 5 heteroatoms. The molecule has 78 valence electrons. The summed E-state index contributed by atoms with van der Waals surface area (Å²) in [6, 6.07) is 0. The summed E-state index contributed by atoms with van der Waals surface area (Å²) in [6.07, 6.45) is 5.10. The van der Waals surface area contributed by atoms with Gasteiger partial charge in [-0.1, -0.05) is 19.3 Å². The normalized spacial score (nSPS) is 18.0. The SMILES string of the molecule is O=C([O-])/C=C(\C(=O)[O-])C1CCCCC1.[Cd+2]. The van der Waals surface area contributed by atoms with Crippen molar-refractivity contribution in [2.45, 2.75) is 32.1 Å². The van der Waals surface area contributed by atoms with Gasteiger partial charge in [-0.15, -0.1) is 0 Å². The Bertz CT molecular complexity index is 267. The van der Waals surface area contributed by atoms with Crippen LogP contribution in [0.4, 0.5) is 0 Å². The Labute approximate surface area is 109 Å². The van der Waals surface area contributed by atoms with E-state index in [0.717, 1.165) is 32.1 Å². The monoisotopic (exact) mass is 310 g/mol. The van der Waals surface area contributed by atoms with Gasteiger partial charge in [-0.2, -0.15) is 0 Å². The Morgan fingerprint density at radius 3 is 2.00 bits per heavy atom. The molecule has 0 bridgehead atoms. The van der Waals surface area contributed by atoms with Crippen molar-refractivity contribution >= 4 is 11.9 Å². The van der Waals surface area contributed by atoms with Crippen LogP contribution in [0.15, 0.2) is 11.6 Å². The molecule has 0 saturated heterocycles. The quantitative estimate of drug-likeness (QED) is 0.494. The molecule has 1 saturated carbocycles. The summed E-state index contributed by atoms with van der Waals surface area (Å²) < 4.78 is 0. The first kappa shape index (κ1) is 14.6. The van der Waals surface area contributed by atoms with Crippen LogP contribution in [0.2, 0.25) is 0 Å². The number of carboxylic acid groups (broad SMARTS) is 2. The fourth-order valence-corrected chi connectivity index (χ4v) is 1.88. The van der Waals surface area contributed by atoms with Gasteiger partial charge < -0.3 is 19.8 Å². The minimum atomic E-state index is -1.46. The van der Waals surface area contributed by atoms with Gasteiger partial charge in [-0.05, 0) is 30.4 Å². The zero-order valence-electron chi connectivity index (χ0n) is 8.53. The van der Waals surface area contributed by atoms with Gasteiger partial charge in [0.15, 0.2) is 0 Å². The van der Waals surface area contributed by atoms with Gasteiger partial charge in [0, 0.05) is 0 Å². The molecule has 0 N–H and O–H groups in total. The van der Waals surface area contributed by atoms with Crippen molar-refractivity contribution in [3.8, 4) is 0 Å². The zero-order chi connectivity index (χ0) is 10.6. The molecule has 0 aromatic rings. The molecule has 1 fully saturated rings. The van der Waals surface area contributed by atoms with Crippen molar-refractivity contribution in [1.29, 1.82) is 0 Å². The number of carbonyl (C=O) groups is 2. The number of carbonyl (C=O) groups excluding carboxylic acids is 2. The Hall–Kier alpha value is -0.398. The van der Waals surface area contributed by atoms with Crippen molar-refractivity contribution in [1.82, 2.24) is 0 Å². The van der Waals surface area contributed by atoms with Gasteiger partial charge in [0.1, 0.15) is 0 Å². The average Bonchev–Trinajstić information content (AvgIpc) is 2.15. The van der Waals surface area contributed by atoms with E-state index in [9.17, 15) is 19.8 Å². The van der Waals surface area contributed by atoms with Crippen LogP contribution in [-0.4, -0.2) is 11.9 Å². The fourth-order valence-electron chi connectivity index (χ4n) is 1.88. The smallest absolute Gasteiger partial charge is 0.545 e. The molecule has 0 unspecified atom stereocenters. The van der Waals surface area contributed by atoms with Crippen molar-refractivity contribution in [3.63, 3.8) is 0 Å². The molecule has 0 spiro atoms. The fraction of sp³-hybridized carbons (Fsp3) is 0.600. The second-order valence-corrected chi connectivity index (χ2v) is 3.54. The van der Waals surface area contributed by atoms with Crippen LogP contribution in [-0.2, 0) is 36.9 Å². The molecule has 0 aliphatic heterocycles. The first-order valence-corrected chi connectivity index (χ1v) is 4.75. The Morgan fingerprint density at radius 2 is 1.60 bits per heavy atom. The van der Waals surface area contributed by atoms with Crippen LogP contribution in [0.3, 0.4) is 0 Å². The molecule has 0 amide bonds. The third kappa shape index (κ3) is 4.77. The Kier molecular flexibility index (Phi) is 6.79. The predicted molar refractivity (Wildman–Crippen MR) is 44.7 cm³/mol. The topological polar surface area (TPSA) is 80.3 Å². The maximum Gasteiger partial charge on any atom is 2.00 e. The minimum absolute atomic E-state index is 0. The number of hydrogen-bond donors (Lipinski definition) is 0. The van der Waals surface area contributed by atoms with Crippen molar-refractivity contribution in [3.05, 3.63) is 11.6 Å². The van der Waals surface area contributed by atoms with Crippen LogP contribution in [0.5, 0.6) is 0 Å². The molecule has 0 atom stereocenters. The Morgan fingerprint density at radius 1 is 1.07 bits per heavy atom. The summed E-state index contributed by atoms with van der Waals surface area (Å²) in [4.78, 5) is 20.9. The summed E-state index contributed by atoms with van der Waals surface area (Å²) >= 11 is 0. The van der Waals surface area contributed by atoms with E-state index in [1.165, 1.54) is 0 Å². The minimum Gasteiger partial charge on any atom is -0.545 e. The number of carboxylic acids is 2. The van der Waals surface area contributed by atoms with Gasteiger partial charge in [0.25, 0.3) is 0 Å². The standard InChI is InChI=1S/C10H14O4.Cd/c11-9(12)6-8(10(13)14)7-4-2-1-3-5-7;/h6-7H,1-5H2,(H,11,12)(H,13,14);/q;+2/p-2/b8-6-;.